The number of piperidine rings is 1. The zero-order chi connectivity index (χ0) is 28.7. The van der Waals surface area contributed by atoms with Crippen LogP contribution in [0.4, 0.5) is 0 Å². The van der Waals surface area contributed by atoms with Crippen molar-refractivity contribution in [2.45, 2.75) is 70.2 Å². The van der Waals surface area contributed by atoms with Crippen LogP contribution in [0.25, 0.3) is 0 Å². The van der Waals surface area contributed by atoms with Crippen molar-refractivity contribution < 1.29 is 24.5 Å². The zero-order valence-corrected chi connectivity index (χ0v) is 24.0. The molecule has 2 fully saturated rings. The van der Waals surface area contributed by atoms with Crippen LogP contribution in [0.5, 0.6) is 0 Å². The summed E-state index contributed by atoms with van der Waals surface area (Å²) in [6, 6.07) is 12.4. The Hall–Kier alpha value is -2.85. The second kappa shape index (κ2) is 13.9. The van der Waals surface area contributed by atoms with Crippen molar-refractivity contribution in [2.75, 3.05) is 45.9 Å². The number of carbonyl (C=O) groups excluding carboxylic acids is 2. The predicted octanol–water partition coefficient (Wildman–Crippen LogP) is 2.39. The van der Waals surface area contributed by atoms with Crippen molar-refractivity contribution in [2.24, 2.45) is 5.41 Å². The number of fused-ring (bicyclic) bond motifs is 1. The van der Waals surface area contributed by atoms with Crippen LogP contribution >= 0.6 is 0 Å². The number of aliphatic hydroxyl groups excluding tert-OH is 2. The van der Waals surface area contributed by atoms with E-state index >= 15 is 0 Å². The third-order valence-electron chi connectivity index (χ3n) is 9.18. The van der Waals surface area contributed by atoms with E-state index in [0.29, 0.717) is 38.9 Å². The first-order valence-electron chi connectivity index (χ1n) is 15.1. The van der Waals surface area contributed by atoms with E-state index in [9.17, 15) is 19.8 Å². The molecule has 2 saturated heterocycles. The van der Waals surface area contributed by atoms with E-state index < -0.39 is 17.6 Å². The molecule has 9 nitrogen and oxygen atoms in total. The summed E-state index contributed by atoms with van der Waals surface area (Å²) < 4.78 is 5.63. The number of benzene rings is 1. The van der Waals surface area contributed by atoms with E-state index in [-0.39, 0.29) is 24.9 Å². The lowest BCUT2D eigenvalue weighted by molar-refractivity contribution is -0.165. The largest absolute Gasteiger partial charge is 0.462 e. The van der Waals surface area contributed by atoms with Gasteiger partial charge < -0.3 is 19.8 Å². The van der Waals surface area contributed by atoms with Gasteiger partial charge in [0, 0.05) is 45.1 Å². The SMILES string of the molecule is O=C(CN1CCc2ccccc2C1)N1CCCCC2(CCN(Cc3ccncc3)CC2)C(=O)OC[C@@H](O)[C@@H](O)CC1. The van der Waals surface area contributed by atoms with E-state index in [0.717, 1.165) is 52.0 Å². The van der Waals surface area contributed by atoms with Crippen LogP contribution in [0.1, 0.15) is 55.2 Å². The Morgan fingerprint density at radius 2 is 1.66 bits per heavy atom. The fraction of sp³-hybridized carbons (Fsp3) is 0.594. The fourth-order valence-corrected chi connectivity index (χ4v) is 6.46. The molecule has 0 unspecified atom stereocenters. The summed E-state index contributed by atoms with van der Waals surface area (Å²) in [5.41, 5.74) is 3.22. The summed E-state index contributed by atoms with van der Waals surface area (Å²) in [5, 5.41) is 21.2. The summed E-state index contributed by atoms with van der Waals surface area (Å²) in [5.74, 6) is -0.225. The summed E-state index contributed by atoms with van der Waals surface area (Å²) in [4.78, 5) is 37.3. The molecule has 2 atom stereocenters. The highest BCUT2D eigenvalue weighted by Crippen LogP contribution is 2.38. The predicted molar refractivity (Wildman–Crippen MR) is 155 cm³/mol. The minimum Gasteiger partial charge on any atom is -0.462 e. The summed E-state index contributed by atoms with van der Waals surface area (Å²) in [6.07, 6.45) is 6.18. The van der Waals surface area contributed by atoms with Crippen molar-refractivity contribution in [3.05, 3.63) is 65.5 Å². The van der Waals surface area contributed by atoms with Gasteiger partial charge >= 0.3 is 5.97 Å². The molecule has 0 bridgehead atoms. The molecule has 1 amide bonds. The molecular weight excluding hydrogens is 520 g/mol. The van der Waals surface area contributed by atoms with Gasteiger partial charge in [-0.1, -0.05) is 30.7 Å². The molecule has 4 heterocycles. The Morgan fingerprint density at radius 3 is 2.44 bits per heavy atom. The number of cyclic esters (lactones) is 1. The molecule has 2 aromatic rings. The first kappa shape index (κ1) is 29.6. The van der Waals surface area contributed by atoms with Gasteiger partial charge in [-0.2, -0.15) is 0 Å². The second-order valence-electron chi connectivity index (χ2n) is 12.0. The Balaban J connectivity index is 1.20. The number of likely N-dealkylation sites (tertiary alicyclic amines) is 1. The molecule has 0 saturated carbocycles. The molecule has 3 aliphatic rings. The number of ether oxygens (including phenoxy) is 1. The number of nitrogens with zero attached hydrogens (tertiary/aromatic N) is 4. The number of esters is 1. The Labute approximate surface area is 243 Å². The van der Waals surface area contributed by atoms with E-state index in [2.05, 4.69) is 33.0 Å². The third-order valence-corrected chi connectivity index (χ3v) is 9.18. The normalized spacial score (nSPS) is 24.9. The topological polar surface area (TPSA) is 106 Å². The second-order valence-corrected chi connectivity index (χ2v) is 12.0. The molecule has 3 aliphatic heterocycles. The highest BCUT2D eigenvalue weighted by atomic mass is 16.5. The smallest absolute Gasteiger partial charge is 0.312 e. The molecule has 1 aromatic heterocycles. The Bertz CT molecular complexity index is 1150. The lowest BCUT2D eigenvalue weighted by Gasteiger charge is -2.40. The van der Waals surface area contributed by atoms with Crippen LogP contribution in [0.2, 0.25) is 0 Å². The quantitative estimate of drug-likeness (QED) is 0.546. The first-order valence-corrected chi connectivity index (χ1v) is 15.1. The van der Waals surface area contributed by atoms with Crippen LogP contribution in [-0.2, 0) is 33.8 Å². The van der Waals surface area contributed by atoms with Gasteiger partial charge in [-0.3, -0.25) is 24.4 Å². The van der Waals surface area contributed by atoms with E-state index in [4.69, 9.17) is 4.74 Å². The Morgan fingerprint density at radius 1 is 0.902 bits per heavy atom. The van der Waals surface area contributed by atoms with Gasteiger partial charge in [0.2, 0.25) is 5.91 Å². The van der Waals surface area contributed by atoms with Gasteiger partial charge in [0.15, 0.2) is 0 Å². The van der Waals surface area contributed by atoms with E-state index in [1.54, 1.807) is 12.4 Å². The number of hydrogen-bond acceptors (Lipinski definition) is 8. The molecule has 5 rings (SSSR count). The molecule has 0 aliphatic carbocycles. The molecular formula is C32H44N4O5. The first-order chi connectivity index (χ1) is 19.9. The molecule has 41 heavy (non-hydrogen) atoms. The maximum absolute atomic E-state index is 13.4. The standard InChI is InChI=1S/C32H44N4O5/c37-28-10-18-36(30(39)23-35-17-9-26-5-1-2-6-27(26)22-35)16-4-3-11-32(31(40)41-24-29(28)38)12-19-34(20-13-32)21-25-7-14-33-15-8-25/h1-2,5-8,14-15,28-29,37-38H,3-4,9-13,16-24H2/t28-,29+/m0/s1. The highest BCUT2D eigenvalue weighted by molar-refractivity contribution is 5.78. The van der Waals surface area contributed by atoms with E-state index in [1.165, 1.54) is 16.7 Å². The van der Waals surface area contributed by atoms with Crippen LogP contribution < -0.4 is 0 Å². The van der Waals surface area contributed by atoms with Crippen molar-refractivity contribution >= 4 is 11.9 Å². The number of aliphatic hydroxyl groups is 2. The van der Waals surface area contributed by atoms with Crippen molar-refractivity contribution in [1.29, 1.82) is 0 Å². The van der Waals surface area contributed by atoms with Crippen LogP contribution in [0, 0.1) is 5.41 Å². The lowest BCUT2D eigenvalue weighted by atomic mass is 9.74. The number of hydrogen-bond donors (Lipinski definition) is 2. The van der Waals surface area contributed by atoms with Crippen molar-refractivity contribution in [1.82, 2.24) is 19.7 Å². The average molecular weight is 565 g/mol. The van der Waals surface area contributed by atoms with Crippen molar-refractivity contribution in [3.8, 4) is 0 Å². The number of carbonyl (C=O) groups is 2. The van der Waals surface area contributed by atoms with Gasteiger partial charge in [0.05, 0.1) is 18.1 Å². The zero-order valence-electron chi connectivity index (χ0n) is 24.0. The Kier molecular flexibility index (Phi) is 10.0. The molecule has 0 radical (unpaired) electrons. The maximum Gasteiger partial charge on any atom is 0.312 e. The van der Waals surface area contributed by atoms with Gasteiger partial charge in [0.1, 0.15) is 12.7 Å². The summed E-state index contributed by atoms with van der Waals surface area (Å²) >= 11 is 0. The minimum absolute atomic E-state index is 0.0485. The van der Waals surface area contributed by atoms with Gasteiger partial charge in [-0.05, 0) is 80.4 Å². The molecule has 9 heteroatoms. The summed E-state index contributed by atoms with van der Waals surface area (Å²) in [6.45, 7) is 5.04. The van der Waals surface area contributed by atoms with Crippen molar-refractivity contribution in [3.63, 3.8) is 0 Å². The third kappa shape index (κ3) is 7.71. The van der Waals surface area contributed by atoms with Crippen LogP contribution in [-0.4, -0.2) is 99.9 Å². The number of amides is 1. The average Bonchev–Trinajstić information content (AvgIpc) is 3.00. The van der Waals surface area contributed by atoms with Crippen LogP contribution in [0.3, 0.4) is 0 Å². The monoisotopic (exact) mass is 564 g/mol. The molecule has 222 valence electrons. The lowest BCUT2D eigenvalue weighted by Crippen LogP contribution is -2.45. The number of pyridine rings is 1. The fourth-order valence-electron chi connectivity index (χ4n) is 6.46. The minimum atomic E-state index is -1.18. The van der Waals surface area contributed by atoms with Crippen LogP contribution in [0.15, 0.2) is 48.8 Å². The van der Waals surface area contributed by atoms with Gasteiger partial charge in [-0.25, -0.2) is 0 Å². The van der Waals surface area contributed by atoms with E-state index in [1.807, 2.05) is 23.1 Å². The maximum atomic E-state index is 13.4. The molecule has 1 aromatic carbocycles. The number of aromatic nitrogens is 1. The number of rotatable bonds is 4. The summed E-state index contributed by atoms with van der Waals surface area (Å²) in [7, 11) is 0. The molecule has 1 spiro atoms. The highest BCUT2D eigenvalue weighted by Gasteiger charge is 2.42. The van der Waals surface area contributed by atoms with Gasteiger partial charge in [-0.15, -0.1) is 0 Å². The molecule has 2 N–H and O–H groups in total. The van der Waals surface area contributed by atoms with Gasteiger partial charge in [0.25, 0.3) is 0 Å².